The number of benzene rings is 1. The lowest BCUT2D eigenvalue weighted by Gasteiger charge is -2.12. The molecule has 0 radical (unpaired) electrons. The lowest BCUT2D eigenvalue weighted by Crippen LogP contribution is -2.16. The molecule has 2 nitrogen and oxygen atoms in total. The zero-order valence-electron chi connectivity index (χ0n) is 9.50. The summed E-state index contributed by atoms with van der Waals surface area (Å²) in [6, 6.07) is 6.89. The van der Waals surface area contributed by atoms with Gasteiger partial charge in [0.15, 0.2) is 0 Å². The lowest BCUT2D eigenvalue weighted by atomic mass is 10.0. The minimum atomic E-state index is -4.21. The number of halogens is 3. The van der Waals surface area contributed by atoms with E-state index in [1.54, 1.807) is 24.3 Å². The first-order valence-corrected chi connectivity index (χ1v) is 5.28. The Hall–Kier alpha value is -1.23. The predicted molar refractivity (Wildman–Crippen MR) is 58.0 cm³/mol. The molecule has 0 amide bonds. The van der Waals surface area contributed by atoms with Crippen LogP contribution < -0.4 is 4.74 Å². The van der Waals surface area contributed by atoms with Crippen LogP contribution in [0.5, 0.6) is 5.75 Å². The summed E-state index contributed by atoms with van der Waals surface area (Å²) in [5.74, 6) is 0.679. The Kier molecular flexibility index (Phi) is 4.81. The van der Waals surface area contributed by atoms with Crippen LogP contribution in [0, 0.1) is 0 Å². The smallest absolute Gasteiger partial charge is 0.389 e. The van der Waals surface area contributed by atoms with Crippen molar-refractivity contribution in [3.8, 4) is 5.75 Å². The van der Waals surface area contributed by atoms with E-state index < -0.39 is 18.7 Å². The molecule has 5 heteroatoms. The van der Waals surface area contributed by atoms with Crippen molar-refractivity contribution >= 4 is 0 Å². The van der Waals surface area contributed by atoms with E-state index in [-0.39, 0.29) is 12.8 Å². The second-order valence-electron chi connectivity index (χ2n) is 3.86. The summed E-state index contributed by atoms with van der Waals surface area (Å²) >= 11 is 0. The maximum Gasteiger partial charge on any atom is 0.389 e. The Morgan fingerprint density at radius 1 is 1.24 bits per heavy atom. The maximum atomic E-state index is 11.9. The van der Waals surface area contributed by atoms with E-state index in [9.17, 15) is 18.3 Å². The summed E-state index contributed by atoms with van der Waals surface area (Å²) in [7, 11) is 1.53. The van der Waals surface area contributed by atoms with Crippen LogP contribution in [0.1, 0.15) is 18.4 Å². The summed E-state index contributed by atoms with van der Waals surface area (Å²) < 4.78 is 40.7. The van der Waals surface area contributed by atoms with Gasteiger partial charge >= 0.3 is 6.18 Å². The van der Waals surface area contributed by atoms with Crippen LogP contribution in [0.2, 0.25) is 0 Å². The number of alkyl halides is 3. The van der Waals surface area contributed by atoms with Gasteiger partial charge in [0.2, 0.25) is 0 Å². The number of methoxy groups -OCH3 is 1. The van der Waals surface area contributed by atoms with Gasteiger partial charge in [0.05, 0.1) is 13.2 Å². The molecule has 0 bridgehead atoms. The van der Waals surface area contributed by atoms with Gasteiger partial charge in [0, 0.05) is 6.42 Å². The zero-order valence-corrected chi connectivity index (χ0v) is 9.50. The van der Waals surface area contributed by atoms with Gasteiger partial charge in [-0.3, -0.25) is 0 Å². The first-order chi connectivity index (χ1) is 7.90. The number of aliphatic hydroxyl groups excluding tert-OH is 1. The van der Waals surface area contributed by atoms with Gasteiger partial charge in [-0.2, -0.15) is 13.2 Å². The Balaban J connectivity index is 2.42. The Morgan fingerprint density at radius 3 is 2.29 bits per heavy atom. The topological polar surface area (TPSA) is 29.5 Å². The number of hydrogen-bond acceptors (Lipinski definition) is 2. The van der Waals surface area contributed by atoms with Gasteiger partial charge in [-0.25, -0.2) is 0 Å². The van der Waals surface area contributed by atoms with E-state index in [1.807, 2.05) is 0 Å². The average Bonchev–Trinajstić information content (AvgIpc) is 2.27. The van der Waals surface area contributed by atoms with Crippen LogP contribution in [-0.2, 0) is 6.42 Å². The molecule has 0 fully saturated rings. The van der Waals surface area contributed by atoms with Gasteiger partial charge in [-0.15, -0.1) is 0 Å². The van der Waals surface area contributed by atoms with Crippen LogP contribution in [-0.4, -0.2) is 24.5 Å². The molecule has 1 aromatic rings. The van der Waals surface area contributed by atoms with Gasteiger partial charge in [0.1, 0.15) is 5.75 Å². The summed E-state index contributed by atoms with van der Waals surface area (Å²) in [4.78, 5) is 0. The van der Waals surface area contributed by atoms with Crippen molar-refractivity contribution in [1.82, 2.24) is 0 Å². The molecule has 0 saturated heterocycles. The second kappa shape index (κ2) is 5.91. The van der Waals surface area contributed by atoms with E-state index in [1.165, 1.54) is 7.11 Å². The summed E-state index contributed by atoms with van der Waals surface area (Å²) in [6.45, 7) is 0. The SMILES string of the molecule is COc1ccc(CC(O)CCC(F)(F)F)cc1. The molecule has 1 N–H and O–H groups in total. The van der Waals surface area contributed by atoms with Crippen molar-refractivity contribution in [2.45, 2.75) is 31.5 Å². The molecule has 1 atom stereocenters. The zero-order chi connectivity index (χ0) is 12.9. The van der Waals surface area contributed by atoms with Crippen molar-refractivity contribution in [1.29, 1.82) is 0 Å². The summed E-state index contributed by atoms with van der Waals surface area (Å²) in [5.41, 5.74) is 0.792. The van der Waals surface area contributed by atoms with Crippen LogP contribution in [0.15, 0.2) is 24.3 Å². The fourth-order valence-corrected chi connectivity index (χ4v) is 1.47. The molecule has 17 heavy (non-hydrogen) atoms. The van der Waals surface area contributed by atoms with Crippen LogP contribution in [0.4, 0.5) is 13.2 Å². The highest BCUT2D eigenvalue weighted by molar-refractivity contribution is 5.27. The normalized spacial score (nSPS) is 13.5. The molecule has 0 aromatic heterocycles. The average molecular weight is 248 g/mol. The highest BCUT2D eigenvalue weighted by Gasteiger charge is 2.27. The molecule has 0 aliphatic heterocycles. The highest BCUT2D eigenvalue weighted by atomic mass is 19.4. The molecule has 0 saturated carbocycles. The van der Waals surface area contributed by atoms with Crippen molar-refractivity contribution in [3.05, 3.63) is 29.8 Å². The molecule has 0 aliphatic rings. The number of aliphatic hydroxyl groups is 1. The van der Waals surface area contributed by atoms with Crippen LogP contribution in [0.3, 0.4) is 0 Å². The molecule has 0 heterocycles. The van der Waals surface area contributed by atoms with Crippen LogP contribution in [0.25, 0.3) is 0 Å². The molecule has 1 aromatic carbocycles. The standard InChI is InChI=1S/C12H15F3O2/c1-17-11-4-2-9(3-5-11)8-10(16)6-7-12(13,14)15/h2-5,10,16H,6-8H2,1H3. The van der Waals surface area contributed by atoms with Crippen LogP contribution >= 0.6 is 0 Å². The second-order valence-corrected chi connectivity index (χ2v) is 3.86. The third-order valence-corrected chi connectivity index (χ3v) is 2.39. The van der Waals surface area contributed by atoms with E-state index in [2.05, 4.69) is 0 Å². The fraction of sp³-hybridized carbons (Fsp3) is 0.500. The number of ether oxygens (including phenoxy) is 1. The molecule has 1 rings (SSSR count). The largest absolute Gasteiger partial charge is 0.497 e. The van der Waals surface area contributed by atoms with Gasteiger partial charge in [-0.1, -0.05) is 12.1 Å². The van der Waals surface area contributed by atoms with Crippen molar-refractivity contribution in [2.75, 3.05) is 7.11 Å². The fourth-order valence-electron chi connectivity index (χ4n) is 1.47. The van der Waals surface area contributed by atoms with E-state index in [4.69, 9.17) is 4.74 Å². The van der Waals surface area contributed by atoms with E-state index in [0.717, 1.165) is 5.56 Å². The first kappa shape index (κ1) is 13.8. The number of rotatable bonds is 5. The van der Waals surface area contributed by atoms with E-state index in [0.29, 0.717) is 5.75 Å². The monoisotopic (exact) mass is 248 g/mol. The minimum Gasteiger partial charge on any atom is -0.497 e. The lowest BCUT2D eigenvalue weighted by molar-refractivity contribution is -0.139. The molecule has 1 unspecified atom stereocenters. The third kappa shape index (κ3) is 5.58. The van der Waals surface area contributed by atoms with Crippen molar-refractivity contribution < 1.29 is 23.0 Å². The van der Waals surface area contributed by atoms with E-state index >= 15 is 0 Å². The highest BCUT2D eigenvalue weighted by Crippen LogP contribution is 2.23. The quantitative estimate of drug-likeness (QED) is 0.868. The van der Waals surface area contributed by atoms with Gasteiger partial charge in [0.25, 0.3) is 0 Å². The Labute approximate surface area is 98.0 Å². The van der Waals surface area contributed by atoms with Gasteiger partial charge in [-0.05, 0) is 30.5 Å². The molecule has 96 valence electrons. The molecule has 0 aliphatic carbocycles. The van der Waals surface area contributed by atoms with Crippen molar-refractivity contribution in [3.63, 3.8) is 0 Å². The summed E-state index contributed by atoms with van der Waals surface area (Å²) in [6.07, 6.45) is -6.18. The number of hydrogen-bond donors (Lipinski definition) is 1. The minimum absolute atomic E-state index is 0.222. The molecular formula is C12H15F3O2. The van der Waals surface area contributed by atoms with Crippen molar-refractivity contribution in [2.24, 2.45) is 0 Å². The third-order valence-electron chi connectivity index (χ3n) is 2.39. The first-order valence-electron chi connectivity index (χ1n) is 5.28. The Bertz CT molecular complexity index is 333. The molecular weight excluding hydrogens is 233 g/mol. The maximum absolute atomic E-state index is 11.9. The summed E-state index contributed by atoms with van der Waals surface area (Å²) in [5, 5.41) is 9.46. The Morgan fingerprint density at radius 2 is 1.82 bits per heavy atom. The predicted octanol–water partition coefficient (Wildman–Crippen LogP) is 2.94. The molecule has 0 spiro atoms. The van der Waals surface area contributed by atoms with Gasteiger partial charge < -0.3 is 9.84 Å².